The third-order valence-electron chi connectivity index (χ3n) is 6.89. The molecule has 3 aliphatic rings. The number of piperidine rings is 1. The molecule has 12 heteroatoms. The summed E-state index contributed by atoms with van der Waals surface area (Å²) in [5.74, 6) is 0.207. The Labute approximate surface area is 207 Å². The van der Waals surface area contributed by atoms with Gasteiger partial charge >= 0.3 is 6.09 Å². The van der Waals surface area contributed by atoms with Gasteiger partial charge in [0.05, 0.1) is 35.4 Å². The van der Waals surface area contributed by atoms with Crippen LogP contribution in [0, 0.1) is 17.7 Å². The third kappa shape index (κ3) is 3.80. The number of ether oxygens (including phenoxy) is 1. The number of nitrogens with one attached hydrogen (secondary N) is 2. The molecule has 34 heavy (non-hydrogen) atoms. The second-order valence-corrected chi connectivity index (χ2v) is 8.67. The predicted molar refractivity (Wildman–Crippen MR) is 128 cm³/mol. The monoisotopic (exact) mass is 507 g/mol. The molecule has 2 unspecified atom stereocenters. The number of carbonyl (C=O) groups is 1. The van der Waals surface area contributed by atoms with Crippen molar-refractivity contribution < 1.29 is 13.9 Å². The smallest absolute Gasteiger partial charge is 0.414 e. The molecule has 180 valence electrons. The Kier molecular flexibility index (Phi) is 6.52. The predicted octanol–water partition coefficient (Wildman–Crippen LogP) is 2.42. The minimum Gasteiger partial charge on any atom is -0.444 e. The van der Waals surface area contributed by atoms with Gasteiger partial charge in [-0.2, -0.15) is 0 Å². The van der Waals surface area contributed by atoms with Crippen molar-refractivity contribution in [1.82, 2.24) is 25.7 Å². The van der Waals surface area contributed by atoms with E-state index in [9.17, 15) is 4.79 Å². The largest absolute Gasteiger partial charge is 0.444 e. The van der Waals surface area contributed by atoms with Crippen molar-refractivity contribution in [1.29, 1.82) is 0 Å². The molecule has 1 saturated carbocycles. The molecule has 4 N–H and O–H groups in total. The number of anilines is 1. The first kappa shape index (κ1) is 24.3. The van der Waals surface area contributed by atoms with Crippen molar-refractivity contribution in [2.45, 2.75) is 18.1 Å². The maximum absolute atomic E-state index is 15.3. The highest BCUT2D eigenvalue weighted by Gasteiger charge is 2.66. The summed E-state index contributed by atoms with van der Waals surface area (Å²) in [5.41, 5.74) is 9.26. The van der Waals surface area contributed by atoms with Gasteiger partial charge in [0.1, 0.15) is 11.9 Å². The van der Waals surface area contributed by atoms with E-state index in [1.54, 1.807) is 30.6 Å². The average Bonchev–Trinajstić information content (AvgIpc) is 3.36. The van der Waals surface area contributed by atoms with Crippen LogP contribution in [0.3, 0.4) is 0 Å². The fourth-order valence-corrected chi connectivity index (χ4v) is 5.19. The summed E-state index contributed by atoms with van der Waals surface area (Å²) in [6.45, 7) is 2.02. The summed E-state index contributed by atoms with van der Waals surface area (Å²) < 4.78 is 20.7. The molecular weight excluding hydrogens is 484 g/mol. The molecule has 2 aliphatic heterocycles. The van der Waals surface area contributed by atoms with Crippen LogP contribution in [-0.4, -0.2) is 52.2 Å². The Bertz CT molecular complexity index is 1190. The average molecular weight is 508 g/mol. The molecule has 0 spiro atoms. The molecule has 0 radical (unpaired) electrons. The van der Waals surface area contributed by atoms with E-state index in [0.29, 0.717) is 41.6 Å². The number of amides is 1. The lowest BCUT2D eigenvalue weighted by Crippen LogP contribution is -2.34. The van der Waals surface area contributed by atoms with Crippen LogP contribution in [0.2, 0.25) is 0 Å². The molecule has 3 aromatic rings. The maximum Gasteiger partial charge on any atom is 0.414 e. The van der Waals surface area contributed by atoms with E-state index in [2.05, 4.69) is 25.7 Å². The zero-order chi connectivity index (χ0) is 21.9. The first-order chi connectivity index (χ1) is 15.6. The van der Waals surface area contributed by atoms with E-state index in [-0.39, 0.29) is 30.9 Å². The number of aromatic amines is 1. The summed E-state index contributed by atoms with van der Waals surface area (Å²) >= 11 is 0. The first-order valence-electron chi connectivity index (χ1n) is 10.6. The number of cyclic esters (lactones) is 1. The van der Waals surface area contributed by atoms with Gasteiger partial charge in [-0.25, -0.2) is 9.18 Å². The molecule has 0 bridgehead atoms. The molecule has 1 aliphatic carbocycles. The van der Waals surface area contributed by atoms with Crippen molar-refractivity contribution in [3.8, 4) is 11.1 Å². The first-order valence-corrected chi connectivity index (χ1v) is 10.6. The zero-order valence-electron chi connectivity index (χ0n) is 18.0. The number of nitrogens with zero attached hydrogens (tertiary/aromatic N) is 4. The van der Waals surface area contributed by atoms with E-state index < -0.39 is 17.4 Å². The van der Waals surface area contributed by atoms with Crippen LogP contribution < -0.4 is 16.0 Å². The molecular formula is C22H24Cl2FN7O2. The van der Waals surface area contributed by atoms with Gasteiger partial charge in [0.25, 0.3) is 0 Å². The summed E-state index contributed by atoms with van der Waals surface area (Å²) in [5, 5.41) is 13.5. The Hall–Kier alpha value is -2.79. The number of fused-ring (bicyclic) bond motifs is 1. The van der Waals surface area contributed by atoms with Crippen LogP contribution in [0.1, 0.15) is 11.4 Å². The van der Waals surface area contributed by atoms with E-state index in [1.165, 1.54) is 11.0 Å². The second kappa shape index (κ2) is 9.10. The molecule has 6 rings (SSSR count). The lowest BCUT2D eigenvalue weighted by molar-refractivity contribution is 0.141. The van der Waals surface area contributed by atoms with Crippen molar-refractivity contribution in [3.05, 3.63) is 59.9 Å². The SMILES string of the molecule is Cl.Cl.NC1(c2ncccc2-c2ccc(N3C[C@@H](Cc4cnn[nH]4)OC3=O)cc2F)C2CNCC21. The normalized spacial score (nSPS) is 26.9. The number of nitrogens with two attached hydrogens (primary N) is 1. The molecule has 1 aromatic carbocycles. The number of hydrogen-bond donors (Lipinski definition) is 3. The van der Waals surface area contributed by atoms with Crippen molar-refractivity contribution in [3.63, 3.8) is 0 Å². The summed E-state index contributed by atoms with van der Waals surface area (Å²) in [4.78, 5) is 18.4. The van der Waals surface area contributed by atoms with Gasteiger partial charge < -0.3 is 15.8 Å². The Morgan fingerprint density at radius 2 is 2.00 bits per heavy atom. The Morgan fingerprint density at radius 1 is 1.21 bits per heavy atom. The highest BCUT2D eigenvalue weighted by molar-refractivity contribution is 5.90. The van der Waals surface area contributed by atoms with Gasteiger partial charge in [0.15, 0.2) is 0 Å². The van der Waals surface area contributed by atoms with E-state index in [4.69, 9.17) is 10.5 Å². The molecule has 3 atom stereocenters. The molecule has 9 nitrogen and oxygen atoms in total. The van der Waals surface area contributed by atoms with Crippen molar-refractivity contribution in [2.24, 2.45) is 17.6 Å². The highest BCUT2D eigenvalue weighted by atomic mass is 35.5. The van der Waals surface area contributed by atoms with E-state index in [1.807, 2.05) is 6.07 Å². The van der Waals surface area contributed by atoms with Gasteiger partial charge in [-0.1, -0.05) is 11.3 Å². The van der Waals surface area contributed by atoms with Crippen LogP contribution in [0.15, 0.2) is 42.7 Å². The molecule has 1 amide bonds. The van der Waals surface area contributed by atoms with Crippen LogP contribution in [0.4, 0.5) is 14.9 Å². The maximum atomic E-state index is 15.3. The highest BCUT2D eigenvalue weighted by Crippen LogP contribution is 2.58. The minimum absolute atomic E-state index is 0. The quantitative estimate of drug-likeness (QED) is 0.484. The standard InChI is InChI=1S/C22H22FN7O2.2ClH/c23-19-7-13(30-11-14(32-21(30)31)6-12-8-27-29-28-12)3-4-15(19)16-2-1-5-26-20(16)22(24)17-9-25-10-18(17)22;;/h1-5,7-8,14,17-18,25H,6,9-11,24H2,(H,27,28,29);2*1H/t14-,17?,18?,22?;;/m1../s1. The zero-order valence-corrected chi connectivity index (χ0v) is 19.6. The van der Waals surface area contributed by atoms with Crippen LogP contribution in [0.5, 0.6) is 0 Å². The molecule has 3 fully saturated rings. The van der Waals surface area contributed by atoms with Crippen LogP contribution >= 0.6 is 24.8 Å². The fraction of sp³-hybridized carbons (Fsp3) is 0.364. The van der Waals surface area contributed by atoms with Crippen molar-refractivity contribution in [2.75, 3.05) is 24.5 Å². The number of pyridine rings is 1. The van der Waals surface area contributed by atoms with E-state index >= 15 is 4.39 Å². The summed E-state index contributed by atoms with van der Waals surface area (Å²) in [6, 6.07) is 8.43. The number of carbonyl (C=O) groups excluding carboxylic acids is 1. The number of halogens is 3. The number of benzene rings is 1. The number of aromatic nitrogens is 4. The van der Waals surface area contributed by atoms with Crippen molar-refractivity contribution >= 4 is 36.6 Å². The summed E-state index contributed by atoms with van der Waals surface area (Å²) in [6.07, 6.45) is 2.89. The number of hydrogen-bond acceptors (Lipinski definition) is 7. The van der Waals surface area contributed by atoms with Gasteiger partial charge in [-0.15, -0.1) is 29.9 Å². The second-order valence-electron chi connectivity index (χ2n) is 8.67. The lowest BCUT2D eigenvalue weighted by Gasteiger charge is -2.20. The number of H-pyrrole nitrogens is 1. The summed E-state index contributed by atoms with van der Waals surface area (Å²) in [7, 11) is 0. The van der Waals surface area contributed by atoms with Gasteiger partial charge in [0, 0.05) is 48.7 Å². The Morgan fingerprint density at radius 3 is 2.71 bits per heavy atom. The Balaban J connectivity index is 0.00000137. The third-order valence-corrected chi connectivity index (χ3v) is 6.89. The number of rotatable bonds is 5. The van der Waals surface area contributed by atoms with Crippen LogP contribution in [-0.2, 0) is 16.7 Å². The molecule has 4 heterocycles. The van der Waals surface area contributed by atoms with Gasteiger partial charge in [0.2, 0.25) is 0 Å². The molecule has 2 saturated heterocycles. The van der Waals surface area contributed by atoms with E-state index in [0.717, 1.165) is 24.5 Å². The lowest BCUT2D eigenvalue weighted by atomic mass is 9.95. The van der Waals surface area contributed by atoms with Crippen LogP contribution in [0.25, 0.3) is 11.1 Å². The van der Waals surface area contributed by atoms with Gasteiger partial charge in [-0.05, 0) is 24.3 Å². The minimum atomic E-state index is -0.527. The topological polar surface area (TPSA) is 122 Å². The fourth-order valence-electron chi connectivity index (χ4n) is 5.19. The van der Waals surface area contributed by atoms with Gasteiger partial charge in [-0.3, -0.25) is 15.0 Å². The molecule has 2 aromatic heterocycles.